The van der Waals surface area contributed by atoms with E-state index in [0.717, 1.165) is 0 Å². The van der Waals surface area contributed by atoms with Gasteiger partial charge >= 0.3 is 5.69 Å². The second-order valence-electron chi connectivity index (χ2n) is 3.50. The minimum absolute atomic E-state index is 0.117. The van der Waals surface area contributed by atoms with Gasteiger partial charge in [0.05, 0.1) is 10.5 Å². The van der Waals surface area contributed by atoms with Crippen LogP contribution < -0.4 is 0 Å². The van der Waals surface area contributed by atoms with E-state index in [1.54, 1.807) is 19.1 Å². The van der Waals surface area contributed by atoms with Gasteiger partial charge in [0, 0.05) is 11.5 Å². The fourth-order valence-electron chi connectivity index (χ4n) is 1.80. The summed E-state index contributed by atoms with van der Waals surface area (Å²) in [6.45, 7) is 3.04. The van der Waals surface area contributed by atoms with E-state index < -0.39 is 4.92 Å². The summed E-state index contributed by atoms with van der Waals surface area (Å²) >= 11 is 0. The molecule has 82 valence electrons. The highest BCUT2D eigenvalue weighted by Crippen LogP contribution is 2.32. The van der Waals surface area contributed by atoms with Gasteiger partial charge < -0.3 is 4.42 Å². The monoisotopic (exact) mass is 219 g/mol. The number of carbonyl (C=O) groups excluding carboxylic acids is 1. The van der Waals surface area contributed by atoms with Gasteiger partial charge in [-0.05, 0) is 19.9 Å². The quantitative estimate of drug-likeness (QED) is 0.442. The Balaban J connectivity index is 2.88. The van der Waals surface area contributed by atoms with Crippen molar-refractivity contribution in [2.24, 2.45) is 0 Å². The number of nitrogens with zero attached hydrogens (tertiary/aromatic N) is 1. The number of para-hydroxylation sites is 1. The van der Waals surface area contributed by atoms with Gasteiger partial charge in [0.2, 0.25) is 5.58 Å². The second kappa shape index (κ2) is 3.44. The molecule has 0 N–H and O–H groups in total. The lowest BCUT2D eigenvalue weighted by Gasteiger charge is -1.93. The highest BCUT2D eigenvalue weighted by atomic mass is 16.6. The first-order chi connectivity index (χ1) is 7.52. The van der Waals surface area contributed by atoms with Crippen LogP contribution in [0.4, 0.5) is 5.69 Å². The van der Waals surface area contributed by atoms with Crippen molar-refractivity contribution in [1.82, 2.24) is 0 Å². The van der Waals surface area contributed by atoms with Crippen LogP contribution in [0.25, 0.3) is 11.0 Å². The number of hydrogen-bond donors (Lipinski definition) is 0. The molecule has 0 saturated heterocycles. The molecule has 0 spiro atoms. The summed E-state index contributed by atoms with van der Waals surface area (Å²) in [6, 6.07) is 4.55. The second-order valence-corrected chi connectivity index (χ2v) is 3.50. The Morgan fingerprint density at radius 2 is 2.12 bits per heavy atom. The number of fused-ring (bicyclic) bond motifs is 1. The Hall–Kier alpha value is -2.17. The third kappa shape index (κ3) is 1.37. The number of ketones is 1. The van der Waals surface area contributed by atoms with E-state index in [1.807, 2.05) is 0 Å². The minimum atomic E-state index is -0.519. The van der Waals surface area contributed by atoms with Crippen molar-refractivity contribution in [3.63, 3.8) is 0 Å². The number of furan rings is 1. The lowest BCUT2D eigenvalue weighted by atomic mass is 10.1. The van der Waals surface area contributed by atoms with E-state index in [1.165, 1.54) is 13.0 Å². The largest absolute Gasteiger partial charge is 0.453 e. The Bertz CT molecular complexity index is 597. The number of carbonyl (C=O) groups is 1. The van der Waals surface area contributed by atoms with E-state index >= 15 is 0 Å². The van der Waals surface area contributed by atoms with Crippen molar-refractivity contribution in [1.29, 1.82) is 0 Å². The number of nitro benzene ring substituents is 1. The minimum Gasteiger partial charge on any atom is -0.453 e. The lowest BCUT2D eigenvalue weighted by Crippen LogP contribution is -1.92. The molecule has 0 amide bonds. The van der Waals surface area contributed by atoms with Crippen LogP contribution in [-0.2, 0) is 0 Å². The van der Waals surface area contributed by atoms with Crippen LogP contribution in [0.1, 0.15) is 23.0 Å². The molecule has 0 bridgehead atoms. The number of hydrogen-bond acceptors (Lipinski definition) is 4. The maximum atomic E-state index is 11.4. The van der Waals surface area contributed by atoms with Crippen LogP contribution in [0, 0.1) is 17.0 Å². The zero-order valence-corrected chi connectivity index (χ0v) is 8.81. The lowest BCUT2D eigenvalue weighted by molar-refractivity contribution is -0.383. The number of non-ortho nitro benzene ring substituents is 1. The topological polar surface area (TPSA) is 73.3 Å². The molecule has 2 rings (SSSR count). The van der Waals surface area contributed by atoms with Gasteiger partial charge in [0.15, 0.2) is 5.78 Å². The summed E-state index contributed by atoms with van der Waals surface area (Å²) in [5, 5.41) is 11.3. The van der Waals surface area contributed by atoms with E-state index in [2.05, 4.69) is 0 Å². The standard InChI is InChI=1S/C11H9NO4/c1-6(13)10-7(2)16-11-8(10)4-3-5-9(11)12(14)15/h3-5H,1-2H3. The highest BCUT2D eigenvalue weighted by molar-refractivity contribution is 6.08. The third-order valence-corrected chi connectivity index (χ3v) is 2.42. The molecular formula is C11H9NO4. The molecule has 5 nitrogen and oxygen atoms in total. The molecule has 0 aliphatic carbocycles. The molecule has 0 saturated carbocycles. The summed E-state index contributed by atoms with van der Waals surface area (Å²) in [4.78, 5) is 21.6. The molecule has 5 heteroatoms. The predicted molar refractivity (Wildman–Crippen MR) is 57.6 cm³/mol. The molecule has 0 atom stereocenters. The van der Waals surface area contributed by atoms with Crippen molar-refractivity contribution in [2.75, 3.05) is 0 Å². The zero-order valence-electron chi connectivity index (χ0n) is 8.81. The van der Waals surface area contributed by atoms with Crippen LogP contribution in [0.5, 0.6) is 0 Å². The molecule has 16 heavy (non-hydrogen) atoms. The van der Waals surface area contributed by atoms with Gasteiger partial charge in [-0.25, -0.2) is 0 Å². The van der Waals surface area contributed by atoms with Crippen molar-refractivity contribution in [3.05, 3.63) is 39.6 Å². The van der Waals surface area contributed by atoms with Crippen molar-refractivity contribution in [3.8, 4) is 0 Å². The Morgan fingerprint density at radius 1 is 1.44 bits per heavy atom. The van der Waals surface area contributed by atoms with Crippen molar-refractivity contribution >= 4 is 22.4 Å². The van der Waals surface area contributed by atoms with E-state index in [9.17, 15) is 14.9 Å². The molecule has 0 radical (unpaired) electrons. The first-order valence-corrected chi connectivity index (χ1v) is 4.70. The molecule has 1 heterocycles. The average molecular weight is 219 g/mol. The first kappa shape index (κ1) is 10.4. The summed E-state index contributed by atoms with van der Waals surface area (Å²) in [6.07, 6.45) is 0. The van der Waals surface area contributed by atoms with Crippen LogP contribution in [0.2, 0.25) is 0 Å². The number of Topliss-reactive ketones (excluding diaryl/α,β-unsaturated/α-hetero) is 1. The summed E-state index contributed by atoms with van der Waals surface area (Å²) in [5.41, 5.74) is 0.460. The molecule has 0 fully saturated rings. The van der Waals surface area contributed by atoms with Gasteiger partial charge in [0.25, 0.3) is 0 Å². The SMILES string of the molecule is CC(=O)c1c(C)oc2c([N+](=O)[O-])cccc12. The van der Waals surface area contributed by atoms with Gasteiger partial charge in [0.1, 0.15) is 5.76 Å². The maximum Gasteiger partial charge on any atom is 0.312 e. The Morgan fingerprint density at radius 3 is 2.69 bits per heavy atom. The van der Waals surface area contributed by atoms with Crippen LogP contribution in [0.15, 0.2) is 22.6 Å². The smallest absolute Gasteiger partial charge is 0.312 e. The number of benzene rings is 1. The fraction of sp³-hybridized carbons (Fsp3) is 0.182. The molecule has 0 aliphatic rings. The molecule has 0 aliphatic heterocycles. The van der Waals surface area contributed by atoms with Crippen LogP contribution >= 0.6 is 0 Å². The van der Waals surface area contributed by atoms with Gasteiger partial charge in [-0.15, -0.1) is 0 Å². The normalized spacial score (nSPS) is 10.6. The Labute approximate surface area is 90.8 Å². The van der Waals surface area contributed by atoms with Crippen molar-refractivity contribution in [2.45, 2.75) is 13.8 Å². The van der Waals surface area contributed by atoms with E-state index in [0.29, 0.717) is 16.7 Å². The highest BCUT2D eigenvalue weighted by Gasteiger charge is 2.21. The average Bonchev–Trinajstić information content (AvgIpc) is 2.52. The fourth-order valence-corrected chi connectivity index (χ4v) is 1.80. The van der Waals surface area contributed by atoms with E-state index in [-0.39, 0.29) is 17.1 Å². The number of rotatable bonds is 2. The predicted octanol–water partition coefficient (Wildman–Crippen LogP) is 2.85. The molecule has 1 aromatic heterocycles. The molecule has 1 aromatic carbocycles. The van der Waals surface area contributed by atoms with Gasteiger partial charge in [-0.2, -0.15) is 0 Å². The zero-order chi connectivity index (χ0) is 11.9. The van der Waals surface area contributed by atoms with Gasteiger partial charge in [-0.3, -0.25) is 14.9 Å². The summed E-state index contributed by atoms with van der Waals surface area (Å²) in [7, 11) is 0. The number of aryl methyl sites for hydroxylation is 1. The van der Waals surface area contributed by atoms with Crippen LogP contribution in [-0.4, -0.2) is 10.7 Å². The van der Waals surface area contributed by atoms with E-state index in [4.69, 9.17) is 4.42 Å². The maximum absolute atomic E-state index is 11.4. The molecule has 0 unspecified atom stereocenters. The third-order valence-electron chi connectivity index (χ3n) is 2.42. The van der Waals surface area contributed by atoms with Crippen molar-refractivity contribution < 1.29 is 14.1 Å². The molecule has 2 aromatic rings. The van der Waals surface area contributed by atoms with Crippen LogP contribution in [0.3, 0.4) is 0 Å². The number of nitro groups is 1. The summed E-state index contributed by atoms with van der Waals surface area (Å²) in [5.74, 6) is 0.258. The summed E-state index contributed by atoms with van der Waals surface area (Å²) < 4.78 is 5.29. The molecular weight excluding hydrogens is 210 g/mol. The van der Waals surface area contributed by atoms with Gasteiger partial charge in [-0.1, -0.05) is 6.07 Å². The first-order valence-electron chi connectivity index (χ1n) is 4.70. The Kier molecular flexibility index (Phi) is 2.23.